The maximum absolute atomic E-state index is 5.11. The molecule has 0 saturated heterocycles. The summed E-state index contributed by atoms with van der Waals surface area (Å²) in [6.07, 6.45) is 0. The van der Waals surface area contributed by atoms with Gasteiger partial charge in [0.1, 0.15) is 11.7 Å². The number of anilines is 2. The van der Waals surface area contributed by atoms with Crippen LogP contribution in [0.2, 0.25) is 0 Å². The van der Waals surface area contributed by atoms with Crippen LogP contribution in [0.4, 0.5) is 11.4 Å². The molecule has 0 unspecified atom stereocenters. The fourth-order valence-electron chi connectivity index (χ4n) is 11.5. The van der Waals surface area contributed by atoms with Crippen LogP contribution in [0.3, 0.4) is 0 Å². The summed E-state index contributed by atoms with van der Waals surface area (Å²) in [5.74, 6) is 2.12. The molecule has 0 saturated carbocycles. The highest BCUT2D eigenvalue weighted by Crippen LogP contribution is 2.64. The molecule has 0 amide bonds. The van der Waals surface area contributed by atoms with Crippen molar-refractivity contribution >= 4 is 33.8 Å². The highest BCUT2D eigenvalue weighted by atomic mass is 15.3. The van der Waals surface area contributed by atoms with Crippen molar-refractivity contribution in [3.8, 4) is 44.5 Å². The number of hydrogen-bond acceptors (Lipinski definition) is 4. The van der Waals surface area contributed by atoms with Crippen molar-refractivity contribution in [1.29, 1.82) is 0 Å². The number of hydrogen-bond donors (Lipinski definition) is 0. The van der Waals surface area contributed by atoms with Crippen molar-refractivity contribution in [2.75, 3.05) is 9.80 Å². The average Bonchev–Trinajstić information content (AvgIpc) is 3.81. The summed E-state index contributed by atoms with van der Waals surface area (Å²) in [5.41, 5.74) is 16.7. The topological polar surface area (TPSA) is 31.2 Å². The maximum Gasteiger partial charge on any atom is 0.102 e. The molecule has 0 aromatic heterocycles. The summed E-state index contributed by atoms with van der Waals surface area (Å²) in [6, 6.07) is 55.4. The zero-order valence-electron chi connectivity index (χ0n) is 37.1. The van der Waals surface area contributed by atoms with Gasteiger partial charge in [-0.3, -0.25) is 9.98 Å². The van der Waals surface area contributed by atoms with Gasteiger partial charge < -0.3 is 9.80 Å². The zero-order chi connectivity index (χ0) is 42.4. The molecule has 61 heavy (non-hydrogen) atoms. The van der Waals surface area contributed by atoms with Gasteiger partial charge in [0, 0.05) is 11.4 Å². The van der Waals surface area contributed by atoms with Crippen molar-refractivity contribution in [1.82, 2.24) is 0 Å². The molecule has 11 rings (SSSR count). The molecule has 2 heterocycles. The number of amidine groups is 2. The van der Waals surface area contributed by atoms with Gasteiger partial charge in [-0.1, -0.05) is 109 Å². The lowest BCUT2D eigenvalue weighted by atomic mass is 9.69. The van der Waals surface area contributed by atoms with Crippen LogP contribution in [-0.2, 0) is 5.41 Å². The Bertz CT molecular complexity index is 3040. The quantitative estimate of drug-likeness (QED) is 0.178. The van der Waals surface area contributed by atoms with E-state index >= 15 is 0 Å². The van der Waals surface area contributed by atoms with Crippen molar-refractivity contribution in [2.24, 2.45) is 9.98 Å². The Morgan fingerprint density at radius 3 is 1.38 bits per heavy atom. The molecule has 0 fully saturated rings. The van der Waals surface area contributed by atoms with Gasteiger partial charge in [0.05, 0.1) is 27.6 Å². The van der Waals surface area contributed by atoms with E-state index in [4.69, 9.17) is 9.98 Å². The minimum absolute atomic E-state index is 0.157. The van der Waals surface area contributed by atoms with E-state index in [1.807, 2.05) is 0 Å². The number of fused-ring (bicyclic) bond motifs is 12. The number of benzene rings is 7. The SMILES string of the molecule is CC1=NC(C)(C)C(C)(C)N1c1cccc(-c2ccc3c(c2)C2(c4ccccc4-c4ccccc42)c2c-3ccc3cc(-c4cccc(N5C(C)=NC(C)(C)C5(C)C)c4)ccc23)c1. The van der Waals surface area contributed by atoms with Crippen molar-refractivity contribution in [3.63, 3.8) is 0 Å². The lowest BCUT2D eigenvalue weighted by Gasteiger charge is -2.41. The number of nitrogens with zero attached hydrogens (tertiary/aromatic N) is 4. The zero-order valence-corrected chi connectivity index (χ0v) is 37.1. The molecule has 0 bridgehead atoms. The van der Waals surface area contributed by atoms with Crippen LogP contribution in [0.1, 0.15) is 91.5 Å². The second-order valence-electron chi connectivity index (χ2n) is 19.9. The van der Waals surface area contributed by atoms with Gasteiger partial charge in [0.25, 0.3) is 0 Å². The van der Waals surface area contributed by atoms with Gasteiger partial charge >= 0.3 is 0 Å². The molecule has 4 nitrogen and oxygen atoms in total. The van der Waals surface area contributed by atoms with Gasteiger partial charge in [-0.15, -0.1) is 0 Å². The third kappa shape index (κ3) is 4.93. The maximum atomic E-state index is 5.11. The summed E-state index contributed by atoms with van der Waals surface area (Å²) >= 11 is 0. The molecule has 1 spiro atoms. The molecular formula is C57H54N4. The predicted octanol–water partition coefficient (Wildman–Crippen LogP) is 14.1. The van der Waals surface area contributed by atoms with E-state index in [0.717, 1.165) is 11.7 Å². The Morgan fingerprint density at radius 1 is 0.393 bits per heavy atom. The van der Waals surface area contributed by atoms with E-state index in [0.29, 0.717) is 0 Å². The van der Waals surface area contributed by atoms with Gasteiger partial charge in [0.2, 0.25) is 0 Å². The fraction of sp³-hybridized carbons (Fsp3) is 0.263. The van der Waals surface area contributed by atoms with Crippen molar-refractivity contribution in [2.45, 2.75) is 96.8 Å². The highest BCUT2D eigenvalue weighted by Gasteiger charge is 2.53. The van der Waals surface area contributed by atoms with Crippen LogP contribution in [0.5, 0.6) is 0 Å². The van der Waals surface area contributed by atoms with E-state index < -0.39 is 5.41 Å². The largest absolute Gasteiger partial charge is 0.322 e. The minimum atomic E-state index is -0.484. The molecule has 0 radical (unpaired) electrons. The first-order valence-corrected chi connectivity index (χ1v) is 21.9. The predicted molar refractivity (Wildman–Crippen MR) is 259 cm³/mol. The minimum Gasteiger partial charge on any atom is -0.322 e. The van der Waals surface area contributed by atoms with E-state index in [1.165, 1.54) is 88.9 Å². The third-order valence-corrected chi connectivity index (χ3v) is 15.6. The number of rotatable bonds is 4. The molecule has 7 aromatic rings. The van der Waals surface area contributed by atoms with Gasteiger partial charge in [-0.05, 0) is 183 Å². The molecule has 0 atom stereocenters. The summed E-state index contributed by atoms with van der Waals surface area (Å²) < 4.78 is 0. The Morgan fingerprint density at radius 2 is 0.852 bits per heavy atom. The lowest BCUT2D eigenvalue weighted by molar-refractivity contribution is 0.338. The van der Waals surface area contributed by atoms with Crippen LogP contribution >= 0.6 is 0 Å². The molecular weight excluding hydrogens is 741 g/mol. The second kappa shape index (κ2) is 12.4. The summed E-state index contributed by atoms with van der Waals surface area (Å²) in [6.45, 7) is 22.4. The van der Waals surface area contributed by atoms with Gasteiger partial charge in [0.15, 0.2) is 0 Å². The Hall–Kier alpha value is -6.26. The molecule has 2 aliphatic carbocycles. The number of aliphatic imine (C=N–C) groups is 2. The molecule has 4 aliphatic rings. The van der Waals surface area contributed by atoms with Gasteiger partial charge in [-0.2, -0.15) is 0 Å². The van der Waals surface area contributed by atoms with E-state index in [2.05, 4.69) is 225 Å². The third-order valence-electron chi connectivity index (χ3n) is 15.6. The van der Waals surface area contributed by atoms with E-state index in [9.17, 15) is 0 Å². The van der Waals surface area contributed by atoms with Crippen molar-refractivity contribution in [3.05, 3.63) is 168 Å². The molecule has 7 aromatic carbocycles. The Balaban J connectivity index is 1.09. The normalized spacial score (nSPS) is 19.1. The second-order valence-corrected chi connectivity index (χ2v) is 19.9. The van der Waals surface area contributed by atoms with Crippen molar-refractivity contribution < 1.29 is 0 Å². The first kappa shape index (κ1) is 37.7. The smallest absolute Gasteiger partial charge is 0.102 e. The monoisotopic (exact) mass is 794 g/mol. The summed E-state index contributed by atoms with van der Waals surface area (Å²) in [4.78, 5) is 15.0. The average molecular weight is 795 g/mol. The van der Waals surface area contributed by atoms with Crippen LogP contribution in [0.25, 0.3) is 55.3 Å². The first-order chi connectivity index (χ1) is 29.1. The molecule has 0 N–H and O–H groups in total. The van der Waals surface area contributed by atoms with Gasteiger partial charge in [-0.25, -0.2) is 0 Å². The summed E-state index contributed by atoms with van der Waals surface area (Å²) in [7, 11) is 0. The molecule has 4 heteroatoms. The van der Waals surface area contributed by atoms with E-state index in [-0.39, 0.29) is 22.2 Å². The van der Waals surface area contributed by atoms with Crippen LogP contribution in [-0.4, -0.2) is 33.8 Å². The molecule has 2 aliphatic heterocycles. The highest BCUT2D eigenvalue weighted by molar-refractivity contribution is 6.06. The summed E-state index contributed by atoms with van der Waals surface area (Å²) in [5, 5.41) is 2.54. The fourth-order valence-corrected chi connectivity index (χ4v) is 11.5. The lowest BCUT2D eigenvalue weighted by Crippen LogP contribution is -2.53. The first-order valence-electron chi connectivity index (χ1n) is 21.9. The molecule has 302 valence electrons. The Labute approximate surface area is 361 Å². The van der Waals surface area contributed by atoms with Crippen LogP contribution < -0.4 is 9.80 Å². The Kier molecular flexibility index (Phi) is 7.67. The standard InChI is InChI=1S/C57H54N4/c1-35-58-53(3,4)55(7,8)60(35)42-19-15-17-37(32-42)39-25-28-44-41(31-39)27-30-48-47-29-26-40(38-18-16-20-43(33-38)61-36(2)59-54(5,6)56(61,9)10)34-51(47)57(52(44)48)49-23-13-11-21-45(49)46-22-12-14-24-50(46)57/h11-34H,1-10H3. The van der Waals surface area contributed by atoms with Crippen LogP contribution in [0.15, 0.2) is 156 Å². The van der Waals surface area contributed by atoms with Crippen LogP contribution in [0, 0.1) is 0 Å². The van der Waals surface area contributed by atoms with E-state index in [1.54, 1.807) is 0 Å².